The SMILES string of the molecule is CN(C)C(=O)C(NC(=O)c1cc(C#N)cc(N(C)C)c1)c1ccccc1. The highest BCUT2D eigenvalue weighted by atomic mass is 16.2. The maximum absolute atomic E-state index is 12.8. The van der Waals surface area contributed by atoms with E-state index < -0.39 is 11.9 Å². The predicted molar refractivity (Wildman–Crippen MR) is 101 cm³/mol. The van der Waals surface area contributed by atoms with Crippen molar-refractivity contribution >= 4 is 17.5 Å². The van der Waals surface area contributed by atoms with E-state index in [4.69, 9.17) is 0 Å². The molecule has 0 bridgehead atoms. The van der Waals surface area contributed by atoms with Crippen LogP contribution in [-0.2, 0) is 4.79 Å². The average Bonchev–Trinajstić information content (AvgIpc) is 2.65. The highest BCUT2D eigenvalue weighted by Crippen LogP contribution is 2.20. The van der Waals surface area contributed by atoms with Crippen molar-refractivity contribution in [3.8, 4) is 6.07 Å². The Labute approximate surface area is 153 Å². The van der Waals surface area contributed by atoms with E-state index in [0.717, 1.165) is 5.69 Å². The maximum Gasteiger partial charge on any atom is 0.252 e. The number of amides is 2. The van der Waals surface area contributed by atoms with Gasteiger partial charge in [-0.2, -0.15) is 5.26 Å². The summed E-state index contributed by atoms with van der Waals surface area (Å²) >= 11 is 0. The minimum Gasteiger partial charge on any atom is -0.378 e. The maximum atomic E-state index is 12.8. The number of carbonyl (C=O) groups excluding carboxylic acids is 2. The molecule has 0 heterocycles. The number of likely N-dealkylation sites (N-methyl/N-ethyl adjacent to an activating group) is 1. The van der Waals surface area contributed by atoms with E-state index in [-0.39, 0.29) is 5.91 Å². The molecule has 6 heteroatoms. The summed E-state index contributed by atoms with van der Waals surface area (Å²) in [4.78, 5) is 28.6. The van der Waals surface area contributed by atoms with Gasteiger partial charge in [0.25, 0.3) is 5.91 Å². The van der Waals surface area contributed by atoms with Crippen LogP contribution < -0.4 is 10.2 Å². The van der Waals surface area contributed by atoms with Crippen LogP contribution >= 0.6 is 0 Å². The van der Waals surface area contributed by atoms with E-state index in [0.29, 0.717) is 16.7 Å². The lowest BCUT2D eigenvalue weighted by atomic mass is 10.0. The fourth-order valence-corrected chi connectivity index (χ4v) is 2.47. The highest BCUT2D eigenvalue weighted by Gasteiger charge is 2.25. The Bertz CT molecular complexity index is 839. The number of benzene rings is 2. The fraction of sp³-hybridized carbons (Fsp3) is 0.250. The van der Waals surface area contributed by atoms with Gasteiger partial charge >= 0.3 is 0 Å². The van der Waals surface area contributed by atoms with Gasteiger partial charge < -0.3 is 15.1 Å². The summed E-state index contributed by atoms with van der Waals surface area (Å²) < 4.78 is 0. The van der Waals surface area contributed by atoms with Crippen LogP contribution in [0, 0.1) is 11.3 Å². The van der Waals surface area contributed by atoms with Crippen LogP contribution in [-0.4, -0.2) is 44.9 Å². The molecule has 134 valence electrons. The molecule has 2 rings (SSSR count). The number of anilines is 1. The van der Waals surface area contributed by atoms with E-state index in [1.54, 1.807) is 38.4 Å². The Morgan fingerprint density at radius 1 is 1.04 bits per heavy atom. The smallest absolute Gasteiger partial charge is 0.252 e. The first-order valence-corrected chi connectivity index (χ1v) is 8.13. The van der Waals surface area contributed by atoms with Gasteiger partial charge in [-0.1, -0.05) is 30.3 Å². The molecule has 0 saturated heterocycles. The summed E-state index contributed by atoms with van der Waals surface area (Å²) in [7, 11) is 6.96. The van der Waals surface area contributed by atoms with Crippen LogP contribution in [0.4, 0.5) is 5.69 Å². The standard InChI is InChI=1S/C20H22N4O2/c1-23(2)17-11-14(13-21)10-16(12-17)19(25)22-18(20(26)24(3)4)15-8-6-5-7-9-15/h5-12,18H,1-4H3,(H,22,25). The van der Waals surface area contributed by atoms with Gasteiger partial charge in [-0.25, -0.2) is 0 Å². The Morgan fingerprint density at radius 3 is 2.23 bits per heavy atom. The van der Waals surface area contributed by atoms with Crippen molar-refractivity contribution in [3.63, 3.8) is 0 Å². The zero-order valence-corrected chi connectivity index (χ0v) is 15.4. The predicted octanol–water partition coefficient (Wildman–Crippen LogP) is 2.18. The molecule has 6 nitrogen and oxygen atoms in total. The summed E-state index contributed by atoms with van der Waals surface area (Å²) in [6.07, 6.45) is 0. The number of hydrogen-bond donors (Lipinski definition) is 1. The van der Waals surface area contributed by atoms with Gasteiger partial charge in [0.2, 0.25) is 5.91 Å². The lowest BCUT2D eigenvalue weighted by Gasteiger charge is -2.22. The second-order valence-electron chi connectivity index (χ2n) is 6.32. The molecule has 2 aromatic rings. The van der Waals surface area contributed by atoms with Crippen LogP contribution in [0.1, 0.15) is 27.5 Å². The molecule has 0 aromatic heterocycles. The molecule has 1 unspecified atom stereocenters. The number of hydrogen-bond acceptors (Lipinski definition) is 4. The molecule has 0 fully saturated rings. The van der Waals surface area contributed by atoms with Crippen molar-refractivity contribution in [3.05, 3.63) is 65.2 Å². The molecule has 1 atom stereocenters. The Hall–Kier alpha value is -3.33. The molecule has 0 aliphatic carbocycles. The van der Waals surface area contributed by atoms with Crippen LogP contribution in [0.5, 0.6) is 0 Å². The quantitative estimate of drug-likeness (QED) is 0.897. The Morgan fingerprint density at radius 2 is 1.69 bits per heavy atom. The van der Waals surface area contributed by atoms with E-state index in [2.05, 4.69) is 11.4 Å². The highest BCUT2D eigenvalue weighted by molar-refractivity contribution is 5.98. The molecule has 1 N–H and O–H groups in total. The lowest BCUT2D eigenvalue weighted by molar-refractivity contribution is -0.130. The number of rotatable bonds is 5. The van der Waals surface area contributed by atoms with Gasteiger partial charge in [-0.05, 0) is 23.8 Å². The van der Waals surface area contributed by atoms with E-state index >= 15 is 0 Å². The van der Waals surface area contributed by atoms with Gasteiger partial charge in [0.05, 0.1) is 11.6 Å². The van der Waals surface area contributed by atoms with Crippen molar-refractivity contribution in [1.82, 2.24) is 10.2 Å². The first-order valence-electron chi connectivity index (χ1n) is 8.13. The van der Waals surface area contributed by atoms with Crippen LogP contribution in [0.15, 0.2) is 48.5 Å². The van der Waals surface area contributed by atoms with Gasteiger partial charge in [0.15, 0.2) is 0 Å². The second-order valence-corrected chi connectivity index (χ2v) is 6.32. The molecule has 0 spiro atoms. The minimum absolute atomic E-state index is 0.228. The molecule has 2 amide bonds. The van der Waals surface area contributed by atoms with Crippen LogP contribution in [0.25, 0.3) is 0 Å². The van der Waals surface area contributed by atoms with Crippen LogP contribution in [0.3, 0.4) is 0 Å². The third-order valence-corrected chi connectivity index (χ3v) is 3.92. The normalized spacial score (nSPS) is 11.2. The zero-order chi connectivity index (χ0) is 19.3. The number of nitriles is 1. The first kappa shape index (κ1) is 19.0. The molecule has 0 radical (unpaired) electrons. The minimum atomic E-state index is -0.799. The van der Waals surface area contributed by atoms with E-state index in [1.807, 2.05) is 37.2 Å². The Balaban J connectivity index is 2.37. The number of nitrogens with zero attached hydrogens (tertiary/aromatic N) is 3. The molecule has 0 aliphatic rings. The van der Waals surface area contributed by atoms with Gasteiger partial charge in [-0.3, -0.25) is 9.59 Å². The Kier molecular flexibility index (Phi) is 5.97. The molecule has 2 aromatic carbocycles. The van der Waals surface area contributed by atoms with Crippen molar-refractivity contribution in [1.29, 1.82) is 5.26 Å². The lowest BCUT2D eigenvalue weighted by Crippen LogP contribution is -2.39. The van der Waals surface area contributed by atoms with Crippen molar-refractivity contribution in [2.45, 2.75) is 6.04 Å². The second kappa shape index (κ2) is 8.17. The van der Waals surface area contributed by atoms with Crippen LogP contribution in [0.2, 0.25) is 0 Å². The first-order chi connectivity index (χ1) is 12.3. The molecule has 0 saturated carbocycles. The summed E-state index contributed by atoms with van der Waals surface area (Å²) in [5, 5.41) is 12.0. The monoisotopic (exact) mass is 350 g/mol. The zero-order valence-electron chi connectivity index (χ0n) is 15.4. The number of carbonyl (C=O) groups is 2. The molecular formula is C20H22N4O2. The van der Waals surface area contributed by atoms with E-state index in [1.165, 1.54) is 11.0 Å². The fourth-order valence-electron chi connectivity index (χ4n) is 2.47. The summed E-state index contributed by atoms with van der Waals surface area (Å²) in [6.45, 7) is 0. The van der Waals surface area contributed by atoms with Crippen molar-refractivity contribution < 1.29 is 9.59 Å². The third kappa shape index (κ3) is 4.39. The summed E-state index contributed by atoms with van der Waals surface area (Å²) in [5.74, 6) is -0.636. The van der Waals surface area contributed by atoms with Gasteiger partial charge in [-0.15, -0.1) is 0 Å². The van der Waals surface area contributed by atoms with E-state index in [9.17, 15) is 14.9 Å². The summed E-state index contributed by atoms with van der Waals surface area (Å²) in [6, 6.07) is 15.3. The largest absolute Gasteiger partial charge is 0.378 e. The van der Waals surface area contributed by atoms with Gasteiger partial charge in [0, 0.05) is 39.4 Å². The topological polar surface area (TPSA) is 76.4 Å². The molecule has 0 aliphatic heterocycles. The van der Waals surface area contributed by atoms with Gasteiger partial charge in [0.1, 0.15) is 6.04 Å². The number of nitrogens with one attached hydrogen (secondary N) is 1. The third-order valence-electron chi connectivity index (χ3n) is 3.92. The summed E-state index contributed by atoms with van der Waals surface area (Å²) in [5.41, 5.74) is 2.16. The van der Waals surface area contributed by atoms with Crippen molar-refractivity contribution in [2.24, 2.45) is 0 Å². The van der Waals surface area contributed by atoms with Crippen molar-refractivity contribution in [2.75, 3.05) is 33.1 Å². The average molecular weight is 350 g/mol. The molecular weight excluding hydrogens is 328 g/mol. The molecule has 26 heavy (non-hydrogen) atoms.